The van der Waals surface area contributed by atoms with Crippen LogP contribution in [-0.2, 0) is 22.4 Å². The minimum Gasteiger partial charge on any atom is -0.383 e. The van der Waals surface area contributed by atoms with E-state index < -0.39 is 23.7 Å². The van der Waals surface area contributed by atoms with E-state index in [1.807, 2.05) is 31.2 Å². The van der Waals surface area contributed by atoms with E-state index in [4.69, 9.17) is 5.73 Å². The smallest absolute Gasteiger partial charge is 0.237 e. The van der Waals surface area contributed by atoms with Crippen molar-refractivity contribution in [1.29, 1.82) is 0 Å². The van der Waals surface area contributed by atoms with Gasteiger partial charge in [0, 0.05) is 30.1 Å². The molecule has 1 aromatic heterocycles. The number of nitrogens with two attached hydrogens (primary N) is 1. The molecule has 0 spiro atoms. The van der Waals surface area contributed by atoms with Crippen LogP contribution in [0.3, 0.4) is 0 Å². The number of halogens is 2. The molecule has 0 bridgehead atoms. The quantitative estimate of drug-likeness (QED) is 0.414. The monoisotopic (exact) mass is 522 g/mol. The lowest BCUT2D eigenvalue weighted by atomic mass is 9.94. The van der Waals surface area contributed by atoms with Crippen LogP contribution >= 0.6 is 0 Å². The van der Waals surface area contributed by atoms with Crippen molar-refractivity contribution in [2.24, 2.45) is 0 Å². The van der Waals surface area contributed by atoms with E-state index in [0.29, 0.717) is 17.8 Å². The number of aromatic nitrogens is 1. The number of aryl methyl sites for hydroxylation is 1. The van der Waals surface area contributed by atoms with Crippen LogP contribution in [0.1, 0.15) is 57.6 Å². The summed E-state index contributed by atoms with van der Waals surface area (Å²) in [5.41, 5.74) is 7.35. The first-order chi connectivity index (χ1) is 18.1. The van der Waals surface area contributed by atoms with Crippen molar-refractivity contribution >= 4 is 28.3 Å². The van der Waals surface area contributed by atoms with Gasteiger partial charge in [-0.05, 0) is 81.2 Å². The highest BCUT2D eigenvalue weighted by Gasteiger charge is 2.34. The number of carbonyl (C=O) groups is 2. The number of carbonyl (C=O) groups excluding carboxylic acids is 2. The van der Waals surface area contributed by atoms with Crippen molar-refractivity contribution < 1.29 is 18.4 Å². The van der Waals surface area contributed by atoms with Gasteiger partial charge in [-0.1, -0.05) is 30.7 Å². The molecule has 0 radical (unpaired) electrons. The summed E-state index contributed by atoms with van der Waals surface area (Å²) in [5, 5.41) is 4.73. The Hall–Kier alpha value is -3.39. The molecule has 1 aliphatic heterocycles. The molecule has 8 heteroatoms. The lowest BCUT2D eigenvalue weighted by Crippen LogP contribution is -2.56. The normalized spacial score (nSPS) is 19.7. The molecule has 1 fully saturated rings. The standard InChI is InChI=1S/C30H36F2N4O2/c1-18-5-4-6-19(2)36(18)20(3)30(38)35-27(17-22-8-11-25(31)26(32)16-22)28(37)12-9-21-7-10-24-23(15-21)13-14-34-29(24)33/h7-8,10-11,13-16,18-20,27H,4-6,9,12,17H2,1-3H3,(H2,33,34)(H,35,38)/t18-,19+,20-,27+/m1/s1. The molecule has 4 atom stereocenters. The number of nitrogen functional groups attached to an aromatic ring is 1. The first-order valence-electron chi connectivity index (χ1n) is 13.3. The van der Waals surface area contributed by atoms with Gasteiger partial charge in [0.1, 0.15) is 5.82 Å². The molecule has 1 saturated heterocycles. The number of hydrogen-bond acceptors (Lipinski definition) is 5. The Kier molecular flexibility index (Phi) is 8.72. The van der Waals surface area contributed by atoms with Gasteiger partial charge in [0.25, 0.3) is 0 Å². The Morgan fingerprint density at radius 3 is 2.47 bits per heavy atom. The van der Waals surface area contributed by atoms with E-state index in [1.165, 1.54) is 6.07 Å². The summed E-state index contributed by atoms with van der Waals surface area (Å²) in [6.45, 7) is 6.11. The third-order valence-corrected chi connectivity index (χ3v) is 7.74. The molecule has 2 heterocycles. The van der Waals surface area contributed by atoms with Gasteiger partial charge in [-0.15, -0.1) is 0 Å². The Morgan fingerprint density at radius 1 is 1.05 bits per heavy atom. The molecule has 4 rings (SSSR count). The number of amides is 1. The fourth-order valence-corrected chi connectivity index (χ4v) is 5.63. The summed E-state index contributed by atoms with van der Waals surface area (Å²) in [6, 6.07) is 10.5. The van der Waals surface area contributed by atoms with E-state index in [9.17, 15) is 18.4 Å². The molecular weight excluding hydrogens is 486 g/mol. The number of Topliss-reactive ketones (excluding diaryl/α,β-unsaturated/α-hetero) is 1. The molecule has 2 aromatic carbocycles. The lowest BCUT2D eigenvalue weighted by Gasteiger charge is -2.42. The van der Waals surface area contributed by atoms with E-state index in [1.54, 1.807) is 6.20 Å². The summed E-state index contributed by atoms with van der Waals surface area (Å²) in [6.07, 6.45) is 5.55. The van der Waals surface area contributed by atoms with Crippen LogP contribution in [0.5, 0.6) is 0 Å². The maximum atomic E-state index is 13.9. The topological polar surface area (TPSA) is 88.3 Å². The fourth-order valence-electron chi connectivity index (χ4n) is 5.63. The van der Waals surface area contributed by atoms with Crippen molar-refractivity contribution in [3.63, 3.8) is 0 Å². The molecule has 38 heavy (non-hydrogen) atoms. The van der Waals surface area contributed by atoms with Crippen LogP contribution in [0.15, 0.2) is 48.7 Å². The maximum Gasteiger partial charge on any atom is 0.237 e. The maximum absolute atomic E-state index is 13.9. The third-order valence-electron chi connectivity index (χ3n) is 7.74. The van der Waals surface area contributed by atoms with Crippen LogP contribution in [-0.4, -0.2) is 45.7 Å². The van der Waals surface area contributed by atoms with Gasteiger partial charge >= 0.3 is 0 Å². The summed E-state index contributed by atoms with van der Waals surface area (Å²) >= 11 is 0. The van der Waals surface area contributed by atoms with E-state index in [-0.39, 0.29) is 36.6 Å². The Bertz CT molecular complexity index is 1300. The second-order valence-electron chi connectivity index (χ2n) is 10.5. The number of likely N-dealkylation sites (tertiary alicyclic amines) is 1. The highest BCUT2D eigenvalue weighted by molar-refractivity contribution is 5.92. The SMILES string of the molecule is C[C@@H]1CCC[C@H](C)N1[C@H](C)C(=O)N[C@@H](Cc1ccc(F)c(F)c1)C(=O)CCc1ccc2c(N)nccc2c1. The average molecular weight is 523 g/mol. The molecule has 0 saturated carbocycles. The molecule has 1 amide bonds. The van der Waals surface area contributed by atoms with Crippen molar-refractivity contribution in [2.45, 2.75) is 83.5 Å². The minimum atomic E-state index is -0.978. The van der Waals surface area contributed by atoms with Crippen LogP contribution in [0, 0.1) is 11.6 Å². The van der Waals surface area contributed by atoms with Gasteiger partial charge < -0.3 is 11.1 Å². The predicted molar refractivity (Wildman–Crippen MR) is 146 cm³/mol. The molecular formula is C30H36F2N4O2. The molecule has 3 aromatic rings. The number of anilines is 1. The number of pyridine rings is 1. The first kappa shape index (κ1) is 27.6. The molecule has 3 N–H and O–H groups in total. The first-order valence-corrected chi connectivity index (χ1v) is 13.3. The molecule has 0 unspecified atom stereocenters. The van der Waals surface area contributed by atoms with Gasteiger partial charge in [0.2, 0.25) is 5.91 Å². The zero-order valence-corrected chi connectivity index (χ0v) is 22.2. The Balaban J connectivity index is 1.50. The van der Waals surface area contributed by atoms with Gasteiger partial charge in [-0.3, -0.25) is 14.5 Å². The number of rotatable bonds is 9. The van der Waals surface area contributed by atoms with Crippen LogP contribution < -0.4 is 11.1 Å². The minimum absolute atomic E-state index is 0.0829. The van der Waals surface area contributed by atoms with E-state index >= 15 is 0 Å². The number of benzene rings is 2. The van der Waals surface area contributed by atoms with Crippen LogP contribution in [0.2, 0.25) is 0 Å². The Labute approximate surface area is 222 Å². The molecule has 6 nitrogen and oxygen atoms in total. The summed E-state index contributed by atoms with van der Waals surface area (Å²) in [4.78, 5) is 33.1. The summed E-state index contributed by atoms with van der Waals surface area (Å²) < 4.78 is 27.4. The summed E-state index contributed by atoms with van der Waals surface area (Å²) in [7, 11) is 0. The zero-order valence-electron chi connectivity index (χ0n) is 22.2. The fraction of sp³-hybridized carbons (Fsp3) is 0.433. The number of fused-ring (bicyclic) bond motifs is 1. The zero-order chi connectivity index (χ0) is 27.4. The van der Waals surface area contributed by atoms with Gasteiger partial charge in [-0.25, -0.2) is 13.8 Å². The van der Waals surface area contributed by atoms with Gasteiger partial charge in [0.05, 0.1) is 12.1 Å². The number of nitrogens with one attached hydrogen (secondary N) is 1. The number of piperidine rings is 1. The Morgan fingerprint density at radius 2 is 1.76 bits per heavy atom. The van der Waals surface area contributed by atoms with Gasteiger partial charge in [0.15, 0.2) is 17.4 Å². The highest BCUT2D eigenvalue weighted by atomic mass is 19.2. The van der Waals surface area contributed by atoms with Gasteiger partial charge in [-0.2, -0.15) is 0 Å². The third kappa shape index (κ3) is 6.35. The largest absolute Gasteiger partial charge is 0.383 e. The lowest BCUT2D eigenvalue weighted by molar-refractivity contribution is -0.132. The molecule has 202 valence electrons. The number of nitrogens with zero attached hydrogens (tertiary/aromatic N) is 2. The molecule has 0 aliphatic carbocycles. The number of ketones is 1. The predicted octanol–water partition coefficient (Wildman–Crippen LogP) is 4.98. The second-order valence-corrected chi connectivity index (χ2v) is 10.5. The highest BCUT2D eigenvalue weighted by Crippen LogP contribution is 2.25. The summed E-state index contributed by atoms with van der Waals surface area (Å²) in [5.74, 6) is -1.88. The van der Waals surface area contributed by atoms with Crippen molar-refractivity contribution in [1.82, 2.24) is 15.2 Å². The van der Waals surface area contributed by atoms with Crippen molar-refractivity contribution in [3.05, 3.63) is 71.4 Å². The van der Waals surface area contributed by atoms with E-state index in [0.717, 1.165) is 47.7 Å². The van der Waals surface area contributed by atoms with Crippen molar-refractivity contribution in [2.75, 3.05) is 5.73 Å². The van der Waals surface area contributed by atoms with Crippen LogP contribution in [0.4, 0.5) is 14.6 Å². The van der Waals surface area contributed by atoms with Crippen molar-refractivity contribution in [3.8, 4) is 0 Å². The average Bonchev–Trinajstić information content (AvgIpc) is 2.88. The molecule has 1 aliphatic rings. The van der Waals surface area contributed by atoms with E-state index in [2.05, 4.69) is 29.0 Å². The second kappa shape index (κ2) is 12.0. The number of hydrogen-bond donors (Lipinski definition) is 2. The van der Waals surface area contributed by atoms with Crippen LogP contribution in [0.25, 0.3) is 10.8 Å².